The maximum atomic E-state index is 12.5. The molecule has 34 heavy (non-hydrogen) atoms. The summed E-state index contributed by atoms with van der Waals surface area (Å²) in [5.74, 6) is 1.44. The van der Waals surface area contributed by atoms with E-state index >= 15 is 0 Å². The molecule has 0 unspecified atom stereocenters. The third-order valence-corrected chi connectivity index (χ3v) is 6.22. The highest BCUT2D eigenvalue weighted by atomic mass is 16.5. The van der Waals surface area contributed by atoms with E-state index in [2.05, 4.69) is 67.5 Å². The molecule has 0 aliphatic carbocycles. The van der Waals surface area contributed by atoms with Crippen LogP contribution in [0.1, 0.15) is 62.6 Å². The quantitative estimate of drug-likeness (QED) is 0.334. The highest BCUT2D eigenvalue weighted by molar-refractivity contribution is 5.95. The van der Waals surface area contributed by atoms with Crippen molar-refractivity contribution in [1.29, 1.82) is 0 Å². The molecule has 0 bridgehead atoms. The second-order valence-corrected chi connectivity index (χ2v) is 9.11. The summed E-state index contributed by atoms with van der Waals surface area (Å²) in [5.41, 5.74) is 6.56. The zero-order chi connectivity index (χ0) is 24.2. The number of carbonyl (C=O) groups is 1. The summed E-state index contributed by atoms with van der Waals surface area (Å²) in [4.78, 5) is 14.2. The van der Waals surface area contributed by atoms with Crippen LogP contribution in [-0.2, 0) is 4.79 Å². The van der Waals surface area contributed by atoms with E-state index in [-0.39, 0.29) is 12.5 Å². The molecule has 6 heteroatoms. The second-order valence-electron chi connectivity index (χ2n) is 9.11. The Balaban J connectivity index is 1.43. The summed E-state index contributed by atoms with van der Waals surface area (Å²) >= 11 is 0. The SMILES string of the molecule is CC[C@H](C)c1ccc(OCC(=O)Nc2cc3nn(-c4ccc(C(C)C)cc4)nc3cc2C)cc1. The van der Waals surface area contributed by atoms with E-state index in [1.54, 1.807) is 4.80 Å². The summed E-state index contributed by atoms with van der Waals surface area (Å²) < 4.78 is 5.68. The molecule has 1 aromatic heterocycles. The van der Waals surface area contributed by atoms with Gasteiger partial charge in [-0.1, -0.05) is 52.0 Å². The fraction of sp³-hybridized carbons (Fsp3) is 0.321. The van der Waals surface area contributed by atoms with Crippen molar-refractivity contribution in [3.8, 4) is 11.4 Å². The lowest BCUT2D eigenvalue weighted by atomic mass is 9.99. The maximum Gasteiger partial charge on any atom is 0.262 e. The summed E-state index contributed by atoms with van der Waals surface area (Å²) in [6, 6.07) is 20.0. The number of aryl methyl sites for hydroxylation is 1. The molecule has 0 spiro atoms. The van der Waals surface area contributed by atoms with Crippen LogP contribution >= 0.6 is 0 Å². The Labute approximate surface area is 200 Å². The number of anilines is 1. The van der Waals surface area contributed by atoms with Gasteiger partial charge in [0.1, 0.15) is 16.8 Å². The predicted octanol–water partition coefficient (Wildman–Crippen LogP) is 6.38. The number of nitrogens with zero attached hydrogens (tertiary/aromatic N) is 3. The van der Waals surface area contributed by atoms with Crippen LogP contribution in [0.2, 0.25) is 0 Å². The lowest BCUT2D eigenvalue weighted by Gasteiger charge is -2.11. The third-order valence-electron chi connectivity index (χ3n) is 6.22. The first-order valence-electron chi connectivity index (χ1n) is 11.8. The van der Waals surface area contributed by atoms with E-state index < -0.39 is 0 Å². The number of rotatable bonds is 8. The van der Waals surface area contributed by atoms with E-state index in [1.807, 2.05) is 43.3 Å². The minimum Gasteiger partial charge on any atom is -0.484 e. The number of ether oxygens (including phenoxy) is 1. The molecule has 1 amide bonds. The molecule has 0 radical (unpaired) electrons. The summed E-state index contributed by atoms with van der Waals surface area (Å²) in [6.45, 7) is 10.6. The molecule has 6 nitrogen and oxygen atoms in total. The molecule has 176 valence electrons. The molecule has 4 rings (SSSR count). The van der Waals surface area contributed by atoms with E-state index in [4.69, 9.17) is 4.74 Å². The first-order chi connectivity index (χ1) is 16.3. The largest absolute Gasteiger partial charge is 0.484 e. The number of aromatic nitrogens is 3. The average molecular weight is 457 g/mol. The van der Waals surface area contributed by atoms with Gasteiger partial charge in [-0.15, -0.1) is 10.2 Å². The summed E-state index contributed by atoms with van der Waals surface area (Å²) in [7, 11) is 0. The van der Waals surface area contributed by atoms with E-state index in [0.717, 1.165) is 28.7 Å². The Kier molecular flexibility index (Phi) is 6.96. The highest BCUT2D eigenvalue weighted by Crippen LogP contribution is 2.24. The van der Waals surface area contributed by atoms with Crippen molar-refractivity contribution in [2.75, 3.05) is 11.9 Å². The van der Waals surface area contributed by atoms with Gasteiger partial charge in [0.05, 0.1) is 5.69 Å². The van der Waals surface area contributed by atoms with E-state index in [9.17, 15) is 4.79 Å². The normalized spacial score (nSPS) is 12.2. The number of amides is 1. The van der Waals surface area contributed by atoms with Gasteiger partial charge in [-0.2, -0.15) is 4.80 Å². The topological polar surface area (TPSA) is 69.0 Å². The molecule has 1 heterocycles. The van der Waals surface area contributed by atoms with Crippen molar-refractivity contribution < 1.29 is 9.53 Å². The Morgan fingerprint density at radius 2 is 1.56 bits per heavy atom. The zero-order valence-electron chi connectivity index (χ0n) is 20.5. The van der Waals surface area contributed by atoms with Gasteiger partial charge in [-0.05, 0) is 78.3 Å². The lowest BCUT2D eigenvalue weighted by molar-refractivity contribution is -0.118. The standard InChI is InChI=1S/C28H32N4O2/c1-6-19(4)22-9-13-24(14-10-22)34-17-28(33)29-25-16-27-26(15-20(25)5)30-32(31-27)23-11-7-21(8-12-23)18(2)3/h7-16,18-19H,6,17H2,1-5H3,(H,29,33)/t19-/m0/s1. The Hall–Kier alpha value is -3.67. The first kappa shape index (κ1) is 23.5. The van der Waals surface area contributed by atoms with Crippen LogP contribution in [0.4, 0.5) is 5.69 Å². The Morgan fingerprint density at radius 3 is 2.18 bits per heavy atom. The van der Waals surface area contributed by atoms with E-state index in [1.165, 1.54) is 11.1 Å². The van der Waals surface area contributed by atoms with Crippen molar-refractivity contribution >= 4 is 22.6 Å². The van der Waals surface area contributed by atoms with Gasteiger partial charge in [0.25, 0.3) is 5.91 Å². The van der Waals surface area contributed by atoms with Crippen LogP contribution < -0.4 is 10.1 Å². The van der Waals surface area contributed by atoms with Crippen LogP contribution in [0.5, 0.6) is 5.75 Å². The number of fused-ring (bicyclic) bond motifs is 1. The molecule has 4 aromatic rings. The van der Waals surface area contributed by atoms with Crippen molar-refractivity contribution in [3.63, 3.8) is 0 Å². The fourth-order valence-corrected chi connectivity index (χ4v) is 3.77. The highest BCUT2D eigenvalue weighted by Gasteiger charge is 2.12. The number of benzene rings is 3. The van der Waals surface area contributed by atoms with Crippen LogP contribution in [0.15, 0.2) is 60.7 Å². The van der Waals surface area contributed by atoms with Crippen molar-refractivity contribution in [2.45, 2.75) is 52.9 Å². The number of hydrogen-bond donors (Lipinski definition) is 1. The van der Waals surface area contributed by atoms with Gasteiger partial charge in [0.2, 0.25) is 0 Å². The maximum absolute atomic E-state index is 12.5. The Bertz CT molecular complexity index is 1270. The van der Waals surface area contributed by atoms with Gasteiger partial charge in [0, 0.05) is 5.69 Å². The van der Waals surface area contributed by atoms with Crippen molar-refractivity contribution in [1.82, 2.24) is 15.0 Å². The number of carbonyl (C=O) groups excluding carboxylic acids is 1. The predicted molar refractivity (Wildman–Crippen MR) is 137 cm³/mol. The molecule has 0 saturated carbocycles. The van der Waals surface area contributed by atoms with Gasteiger partial charge in [0.15, 0.2) is 6.61 Å². The van der Waals surface area contributed by atoms with Gasteiger partial charge in [-0.3, -0.25) is 4.79 Å². The van der Waals surface area contributed by atoms with Gasteiger partial charge >= 0.3 is 0 Å². The summed E-state index contributed by atoms with van der Waals surface area (Å²) in [6.07, 6.45) is 1.09. The monoisotopic (exact) mass is 456 g/mol. The summed E-state index contributed by atoms with van der Waals surface area (Å²) in [5, 5.41) is 12.2. The van der Waals surface area contributed by atoms with Crippen molar-refractivity contribution in [2.24, 2.45) is 0 Å². The van der Waals surface area contributed by atoms with Gasteiger partial charge in [-0.25, -0.2) is 0 Å². The van der Waals surface area contributed by atoms with E-state index in [0.29, 0.717) is 23.3 Å². The molecule has 0 aliphatic heterocycles. The van der Waals surface area contributed by atoms with Crippen LogP contribution in [0.25, 0.3) is 16.7 Å². The minimum absolute atomic E-state index is 0.0605. The first-order valence-corrected chi connectivity index (χ1v) is 11.8. The molecular weight excluding hydrogens is 424 g/mol. The van der Waals surface area contributed by atoms with Crippen LogP contribution in [0.3, 0.4) is 0 Å². The average Bonchev–Trinajstić information content (AvgIpc) is 3.25. The molecule has 1 atom stereocenters. The number of nitrogens with one attached hydrogen (secondary N) is 1. The van der Waals surface area contributed by atoms with Crippen LogP contribution in [-0.4, -0.2) is 27.5 Å². The smallest absolute Gasteiger partial charge is 0.262 e. The Morgan fingerprint density at radius 1 is 0.941 bits per heavy atom. The molecule has 0 saturated heterocycles. The molecule has 0 fully saturated rings. The van der Waals surface area contributed by atoms with Crippen molar-refractivity contribution in [3.05, 3.63) is 77.4 Å². The minimum atomic E-state index is -0.217. The lowest BCUT2D eigenvalue weighted by Crippen LogP contribution is -2.20. The third kappa shape index (κ3) is 5.28. The zero-order valence-corrected chi connectivity index (χ0v) is 20.5. The van der Waals surface area contributed by atoms with Crippen LogP contribution in [0, 0.1) is 6.92 Å². The second kappa shape index (κ2) is 10.1. The molecule has 3 aromatic carbocycles. The molecular formula is C28H32N4O2. The number of hydrogen-bond acceptors (Lipinski definition) is 4. The molecule has 1 N–H and O–H groups in total. The molecule has 0 aliphatic rings. The fourth-order valence-electron chi connectivity index (χ4n) is 3.77. The van der Waals surface area contributed by atoms with Gasteiger partial charge < -0.3 is 10.1 Å².